The number of amides is 1. The van der Waals surface area contributed by atoms with Crippen LogP contribution < -0.4 is 4.74 Å². The van der Waals surface area contributed by atoms with Crippen LogP contribution in [0.3, 0.4) is 0 Å². The van der Waals surface area contributed by atoms with E-state index >= 15 is 0 Å². The second-order valence-corrected chi connectivity index (χ2v) is 8.82. The van der Waals surface area contributed by atoms with E-state index in [-0.39, 0.29) is 30.6 Å². The summed E-state index contributed by atoms with van der Waals surface area (Å²) in [6, 6.07) is 13.6. The Hall–Kier alpha value is -3.63. The molecule has 35 heavy (non-hydrogen) atoms. The van der Waals surface area contributed by atoms with Gasteiger partial charge in [0.1, 0.15) is 11.8 Å². The van der Waals surface area contributed by atoms with Crippen molar-refractivity contribution in [3.63, 3.8) is 0 Å². The van der Waals surface area contributed by atoms with Crippen molar-refractivity contribution >= 4 is 5.91 Å². The number of carbonyl (C=O) groups excluding carboxylic acids is 1. The van der Waals surface area contributed by atoms with Crippen LogP contribution in [0.1, 0.15) is 56.8 Å². The Bertz CT molecular complexity index is 1260. The number of rotatable bonds is 6. The summed E-state index contributed by atoms with van der Waals surface area (Å²) >= 11 is 0. The largest absolute Gasteiger partial charge is 0.490 e. The zero-order chi connectivity index (χ0) is 25.1. The Labute approximate surface area is 206 Å². The smallest absolute Gasteiger partial charge is 0.226 e. The molecule has 1 aliphatic carbocycles. The van der Waals surface area contributed by atoms with Crippen LogP contribution >= 0.6 is 0 Å². The SMILES string of the molecule is CC.CC(C)Oc1ccc(-c2ncc(-c3cccc4c3CC3CC(=O)N(CCO)C43)o2)cc1C#N. The number of aliphatic hydroxyl groups excluding tert-OH is 1. The van der Waals surface area contributed by atoms with Gasteiger partial charge in [0.15, 0.2) is 5.76 Å². The highest BCUT2D eigenvalue weighted by Gasteiger charge is 2.46. The molecular formula is C28H31N3O4. The molecule has 2 heterocycles. The number of aliphatic hydroxyl groups is 1. The maximum Gasteiger partial charge on any atom is 0.226 e. The summed E-state index contributed by atoms with van der Waals surface area (Å²) in [7, 11) is 0. The van der Waals surface area contributed by atoms with Crippen LogP contribution in [-0.4, -0.2) is 40.2 Å². The summed E-state index contributed by atoms with van der Waals surface area (Å²) in [6.45, 7) is 8.15. The molecule has 1 fully saturated rings. The fourth-order valence-electron chi connectivity index (χ4n) is 5.08. The molecule has 1 saturated heterocycles. The number of nitrogens with zero attached hydrogens (tertiary/aromatic N) is 3. The maximum atomic E-state index is 12.4. The standard InChI is InChI=1S/C26H25N3O4.C2H6/c1-15(2)32-22-7-6-16(10-18(22)13-27)26-28-14-23(33-26)19-4-3-5-20-21(19)11-17-12-24(31)29(8-9-30)25(17)20;1-2/h3-7,10,14-15,17,25,30H,8-9,11-12H2,1-2H3;1-2H3. The number of nitriles is 1. The molecule has 2 atom stereocenters. The van der Waals surface area contributed by atoms with Crippen molar-refractivity contribution in [1.82, 2.24) is 9.88 Å². The Morgan fingerprint density at radius 2 is 2.06 bits per heavy atom. The van der Waals surface area contributed by atoms with Crippen LogP contribution in [0.2, 0.25) is 0 Å². The first kappa shape index (κ1) is 24.5. The molecule has 2 aliphatic rings. The van der Waals surface area contributed by atoms with Crippen LogP contribution in [0.15, 0.2) is 47.0 Å². The van der Waals surface area contributed by atoms with E-state index in [0.717, 1.165) is 17.5 Å². The lowest BCUT2D eigenvalue weighted by atomic mass is 10.0. The highest BCUT2D eigenvalue weighted by molar-refractivity contribution is 5.81. The van der Waals surface area contributed by atoms with Crippen molar-refractivity contribution < 1.29 is 19.1 Å². The van der Waals surface area contributed by atoms with Crippen molar-refractivity contribution in [3.05, 3.63) is 59.3 Å². The minimum Gasteiger partial charge on any atom is -0.490 e. The number of likely N-dealkylation sites (tertiary alicyclic amines) is 1. The second-order valence-electron chi connectivity index (χ2n) is 8.82. The highest BCUT2D eigenvalue weighted by Crippen LogP contribution is 2.49. The van der Waals surface area contributed by atoms with Gasteiger partial charge in [0.05, 0.1) is 30.5 Å². The van der Waals surface area contributed by atoms with Crippen molar-refractivity contribution in [3.8, 4) is 34.6 Å². The molecule has 2 aromatic carbocycles. The number of β-amino-alcohol motifs (C(OH)–C–C–N with tert-alkyl or cyclic N) is 1. The van der Waals surface area contributed by atoms with Gasteiger partial charge in [-0.3, -0.25) is 4.79 Å². The lowest BCUT2D eigenvalue weighted by Crippen LogP contribution is -2.30. The summed E-state index contributed by atoms with van der Waals surface area (Å²) in [6.07, 6.45) is 2.97. The average molecular weight is 474 g/mol. The third kappa shape index (κ3) is 4.54. The van der Waals surface area contributed by atoms with Gasteiger partial charge < -0.3 is 19.2 Å². The van der Waals surface area contributed by atoms with Gasteiger partial charge in [0.25, 0.3) is 0 Å². The zero-order valence-electron chi connectivity index (χ0n) is 20.6. The molecule has 7 heteroatoms. The van der Waals surface area contributed by atoms with E-state index in [1.807, 2.05) is 45.9 Å². The summed E-state index contributed by atoms with van der Waals surface area (Å²) < 4.78 is 11.8. The monoisotopic (exact) mass is 473 g/mol. The van der Waals surface area contributed by atoms with Crippen molar-refractivity contribution in [1.29, 1.82) is 5.26 Å². The van der Waals surface area contributed by atoms with Crippen LogP contribution in [-0.2, 0) is 11.2 Å². The molecule has 0 saturated carbocycles. The summed E-state index contributed by atoms with van der Waals surface area (Å²) in [5.74, 6) is 1.95. The van der Waals surface area contributed by atoms with Crippen LogP contribution in [0, 0.1) is 17.2 Å². The predicted octanol–water partition coefficient (Wildman–Crippen LogP) is 5.13. The molecule has 7 nitrogen and oxygen atoms in total. The fourth-order valence-corrected chi connectivity index (χ4v) is 5.08. The number of carbonyl (C=O) groups is 1. The van der Waals surface area contributed by atoms with Gasteiger partial charge in [-0.1, -0.05) is 32.0 Å². The number of oxazole rings is 1. The number of hydrogen-bond acceptors (Lipinski definition) is 6. The van der Waals surface area contributed by atoms with Gasteiger partial charge in [0, 0.05) is 24.1 Å². The third-order valence-corrected chi connectivity index (χ3v) is 6.36. The van der Waals surface area contributed by atoms with Gasteiger partial charge in [-0.15, -0.1) is 0 Å². The van der Waals surface area contributed by atoms with Gasteiger partial charge in [-0.25, -0.2) is 4.98 Å². The van der Waals surface area contributed by atoms with E-state index < -0.39 is 0 Å². The molecule has 0 radical (unpaired) electrons. The molecule has 0 spiro atoms. The van der Waals surface area contributed by atoms with E-state index in [1.54, 1.807) is 23.2 Å². The molecular weight excluding hydrogens is 442 g/mol. The first-order valence-electron chi connectivity index (χ1n) is 12.2. The molecule has 182 valence electrons. The summed E-state index contributed by atoms with van der Waals surface area (Å²) in [4.78, 5) is 18.7. The Kier molecular flexibility index (Phi) is 7.23. The maximum absolute atomic E-state index is 12.4. The zero-order valence-corrected chi connectivity index (χ0v) is 20.6. The lowest BCUT2D eigenvalue weighted by Gasteiger charge is -2.24. The van der Waals surface area contributed by atoms with Gasteiger partial charge in [0.2, 0.25) is 11.8 Å². The first-order valence-corrected chi connectivity index (χ1v) is 12.2. The minimum atomic E-state index is -0.0405. The second kappa shape index (κ2) is 10.3. The number of hydrogen-bond donors (Lipinski definition) is 1. The number of aromatic nitrogens is 1. The molecule has 2 unspecified atom stereocenters. The van der Waals surface area contributed by atoms with Crippen LogP contribution in [0.5, 0.6) is 5.75 Å². The number of benzene rings is 2. The molecule has 1 aliphatic heterocycles. The van der Waals surface area contributed by atoms with Crippen molar-refractivity contribution in [2.24, 2.45) is 5.92 Å². The number of ether oxygens (including phenoxy) is 1. The highest BCUT2D eigenvalue weighted by atomic mass is 16.5. The predicted molar refractivity (Wildman–Crippen MR) is 133 cm³/mol. The van der Waals surface area contributed by atoms with Gasteiger partial charge in [-0.2, -0.15) is 5.26 Å². The normalized spacial score (nSPS) is 18.1. The van der Waals surface area contributed by atoms with E-state index in [2.05, 4.69) is 17.1 Å². The van der Waals surface area contributed by atoms with Crippen molar-refractivity contribution in [2.45, 2.75) is 52.7 Å². The molecule has 1 aromatic heterocycles. The van der Waals surface area contributed by atoms with E-state index in [4.69, 9.17) is 9.15 Å². The molecule has 1 amide bonds. The summed E-state index contributed by atoms with van der Waals surface area (Å²) in [5.41, 5.74) is 4.40. The first-order chi connectivity index (χ1) is 17.0. The van der Waals surface area contributed by atoms with Gasteiger partial charge in [-0.05, 0) is 55.5 Å². The summed E-state index contributed by atoms with van der Waals surface area (Å²) in [5, 5.41) is 18.9. The minimum absolute atomic E-state index is 0.00804. The van der Waals surface area contributed by atoms with E-state index in [9.17, 15) is 15.2 Å². The quantitative estimate of drug-likeness (QED) is 0.533. The van der Waals surface area contributed by atoms with Gasteiger partial charge >= 0.3 is 0 Å². The average Bonchev–Trinajstić information content (AvgIpc) is 3.55. The molecule has 5 rings (SSSR count). The molecule has 0 bridgehead atoms. The topological polar surface area (TPSA) is 99.6 Å². The van der Waals surface area contributed by atoms with Crippen molar-refractivity contribution in [2.75, 3.05) is 13.2 Å². The van der Waals surface area contributed by atoms with E-state index in [0.29, 0.717) is 41.5 Å². The Balaban J connectivity index is 0.00000141. The lowest BCUT2D eigenvalue weighted by molar-refractivity contribution is -0.129. The third-order valence-electron chi connectivity index (χ3n) is 6.36. The molecule has 1 N–H and O–H groups in total. The Morgan fingerprint density at radius 1 is 1.26 bits per heavy atom. The van der Waals surface area contributed by atoms with Crippen LogP contribution in [0.25, 0.3) is 22.8 Å². The van der Waals surface area contributed by atoms with Crippen LogP contribution in [0.4, 0.5) is 0 Å². The van der Waals surface area contributed by atoms with E-state index in [1.165, 1.54) is 5.56 Å². The molecule has 3 aromatic rings. The Morgan fingerprint density at radius 3 is 2.77 bits per heavy atom. The number of fused-ring (bicyclic) bond motifs is 3. The fraction of sp³-hybridized carbons (Fsp3) is 0.393.